The summed E-state index contributed by atoms with van der Waals surface area (Å²) in [5.41, 5.74) is 0.798. The molecule has 0 saturated carbocycles. The zero-order valence-electron chi connectivity index (χ0n) is 12.2. The number of hydrogen-bond donors (Lipinski definition) is 1. The molecule has 0 aliphatic heterocycles. The number of methoxy groups -OCH3 is 2. The topological polar surface area (TPSA) is 64.6 Å². The highest BCUT2D eigenvalue weighted by Crippen LogP contribution is 2.30. The van der Waals surface area contributed by atoms with Crippen LogP contribution in [-0.2, 0) is 15.8 Å². The number of nitrogens with one attached hydrogen (secondary N) is 1. The summed E-state index contributed by atoms with van der Waals surface area (Å²) in [6.45, 7) is 0. The van der Waals surface area contributed by atoms with Crippen LogP contribution in [-0.4, -0.2) is 22.6 Å². The van der Waals surface area contributed by atoms with Crippen LogP contribution in [0, 0.1) is 5.82 Å². The Morgan fingerprint density at radius 2 is 1.73 bits per heavy atom. The van der Waals surface area contributed by atoms with Gasteiger partial charge in [-0.25, -0.2) is 12.8 Å². The van der Waals surface area contributed by atoms with E-state index in [1.807, 2.05) is 0 Å². The number of halogens is 1. The molecule has 5 nitrogen and oxygen atoms in total. The van der Waals surface area contributed by atoms with Gasteiger partial charge in [-0.3, -0.25) is 4.72 Å². The maximum atomic E-state index is 12.8. The van der Waals surface area contributed by atoms with E-state index in [4.69, 9.17) is 9.47 Å². The van der Waals surface area contributed by atoms with E-state index < -0.39 is 15.8 Å². The average molecular weight is 325 g/mol. The number of anilines is 1. The van der Waals surface area contributed by atoms with Crippen molar-refractivity contribution >= 4 is 15.7 Å². The molecule has 2 rings (SSSR count). The summed E-state index contributed by atoms with van der Waals surface area (Å²) >= 11 is 0. The van der Waals surface area contributed by atoms with Gasteiger partial charge in [0.15, 0.2) is 0 Å². The maximum absolute atomic E-state index is 12.8. The molecule has 0 aliphatic carbocycles. The van der Waals surface area contributed by atoms with Gasteiger partial charge in [0, 0.05) is 6.07 Å². The molecule has 0 amide bonds. The molecule has 0 unspecified atom stereocenters. The van der Waals surface area contributed by atoms with Crippen LogP contribution in [0.1, 0.15) is 5.56 Å². The molecule has 0 aromatic heterocycles. The minimum atomic E-state index is -3.65. The SMILES string of the molecule is COc1ccc(NS(=O)(=O)Cc2ccc(F)cc2)c(OC)c1. The highest BCUT2D eigenvalue weighted by Gasteiger charge is 2.15. The van der Waals surface area contributed by atoms with Gasteiger partial charge < -0.3 is 9.47 Å². The van der Waals surface area contributed by atoms with Gasteiger partial charge in [0.05, 0.1) is 25.7 Å². The molecule has 118 valence electrons. The van der Waals surface area contributed by atoms with Crippen LogP contribution in [0.2, 0.25) is 0 Å². The Hall–Kier alpha value is -2.28. The van der Waals surface area contributed by atoms with E-state index in [0.717, 1.165) is 0 Å². The lowest BCUT2D eigenvalue weighted by Gasteiger charge is -2.13. The molecular formula is C15H16FNO4S. The molecule has 0 heterocycles. The van der Waals surface area contributed by atoms with Crippen LogP contribution in [0.15, 0.2) is 42.5 Å². The fraction of sp³-hybridized carbons (Fsp3) is 0.200. The minimum Gasteiger partial charge on any atom is -0.497 e. The molecule has 0 spiro atoms. The Morgan fingerprint density at radius 1 is 1.05 bits per heavy atom. The van der Waals surface area contributed by atoms with Gasteiger partial charge in [-0.15, -0.1) is 0 Å². The molecule has 0 radical (unpaired) electrons. The molecule has 7 heteroatoms. The van der Waals surface area contributed by atoms with Crippen molar-refractivity contribution in [3.8, 4) is 11.5 Å². The maximum Gasteiger partial charge on any atom is 0.237 e. The van der Waals surface area contributed by atoms with Crippen LogP contribution in [0.4, 0.5) is 10.1 Å². The smallest absolute Gasteiger partial charge is 0.237 e. The van der Waals surface area contributed by atoms with Crippen LogP contribution in [0.5, 0.6) is 11.5 Å². The molecule has 2 aromatic carbocycles. The highest BCUT2D eigenvalue weighted by molar-refractivity contribution is 7.91. The molecule has 22 heavy (non-hydrogen) atoms. The first-order valence-corrected chi connectivity index (χ1v) is 8.06. The lowest BCUT2D eigenvalue weighted by Crippen LogP contribution is -2.15. The van der Waals surface area contributed by atoms with Gasteiger partial charge in [-0.2, -0.15) is 0 Å². The Labute approximate surface area is 128 Å². The predicted molar refractivity (Wildman–Crippen MR) is 82.2 cm³/mol. The van der Waals surface area contributed by atoms with E-state index in [-0.39, 0.29) is 5.75 Å². The van der Waals surface area contributed by atoms with E-state index in [1.165, 1.54) is 38.5 Å². The Kier molecular flexibility index (Phi) is 4.87. The lowest BCUT2D eigenvalue weighted by molar-refractivity contribution is 0.395. The summed E-state index contributed by atoms with van der Waals surface area (Å²) in [6, 6.07) is 10.1. The quantitative estimate of drug-likeness (QED) is 0.887. The summed E-state index contributed by atoms with van der Waals surface area (Å²) in [6.07, 6.45) is 0. The van der Waals surface area contributed by atoms with E-state index in [1.54, 1.807) is 18.2 Å². The second-order valence-electron chi connectivity index (χ2n) is 4.55. The molecule has 0 bridgehead atoms. The zero-order valence-corrected chi connectivity index (χ0v) is 13.0. The third-order valence-electron chi connectivity index (χ3n) is 2.94. The van der Waals surface area contributed by atoms with Gasteiger partial charge in [-0.05, 0) is 29.8 Å². The lowest BCUT2D eigenvalue weighted by atomic mass is 10.2. The Balaban J connectivity index is 2.19. The van der Waals surface area contributed by atoms with E-state index in [9.17, 15) is 12.8 Å². The van der Waals surface area contributed by atoms with E-state index in [2.05, 4.69) is 4.72 Å². The first-order valence-electron chi connectivity index (χ1n) is 6.40. The van der Waals surface area contributed by atoms with E-state index >= 15 is 0 Å². The second-order valence-corrected chi connectivity index (χ2v) is 6.28. The first kappa shape index (κ1) is 16.1. The number of benzene rings is 2. The summed E-state index contributed by atoms with van der Waals surface area (Å²) in [7, 11) is -0.702. The third kappa shape index (κ3) is 4.11. The van der Waals surface area contributed by atoms with Crippen LogP contribution in [0.3, 0.4) is 0 Å². The van der Waals surface area contributed by atoms with Crippen molar-refractivity contribution in [1.29, 1.82) is 0 Å². The van der Waals surface area contributed by atoms with Gasteiger partial charge in [0.25, 0.3) is 0 Å². The number of hydrogen-bond acceptors (Lipinski definition) is 4. The fourth-order valence-electron chi connectivity index (χ4n) is 1.89. The zero-order chi connectivity index (χ0) is 16.2. The molecule has 0 fully saturated rings. The van der Waals surface area contributed by atoms with Crippen molar-refractivity contribution in [2.24, 2.45) is 0 Å². The van der Waals surface area contributed by atoms with Crippen molar-refractivity contribution < 1.29 is 22.3 Å². The van der Waals surface area contributed by atoms with Gasteiger partial charge in [-0.1, -0.05) is 12.1 Å². The Bertz CT molecular complexity index is 745. The first-order chi connectivity index (χ1) is 10.4. The fourth-order valence-corrected chi connectivity index (χ4v) is 3.09. The third-order valence-corrected chi connectivity index (χ3v) is 4.19. The average Bonchev–Trinajstić information content (AvgIpc) is 2.49. The summed E-state index contributed by atoms with van der Waals surface area (Å²) < 4.78 is 49.9. The minimum absolute atomic E-state index is 0.261. The molecule has 0 atom stereocenters. The van der Waals surface area contributed by atoms with E-state index in [0.29, 0.717) is 22.7 Å². The van der Waals surface area contributed by atoms with Crippen molar-refractivity contribution in [2.45, 2.75) is 5.75 Å². The largest absolute Gasteiger partial charge is 0.497 e. The van der Waals surface area contributed by atoms with Crippen molar-refractivity contribution in [1.82, 2.24) is 0 Å². The van der Waals surface area contributed by atoms with Gasteiger partial charge >= 0.3 is 0 Å². The normalized spacial score (nSPS) is 11.0. The van der Waals surface area contributed by atoms with Crippen molar-refractivity contribution in [3.63, 3.8) is 0 Å². The summed E-state index contributed by atoms with van der Waals surface area (Å²) in [5.74, 6) is 0.230. The molecular weight excluding hydrogens is 309 g/mol. The standard InChI is InChI=1S/C15H16FNO4S/c1-20-13-7-8-14(15(9-13)21-2)17-22(18,19)10-11-3-5-12(16)6-4-11/h3-9,17H,10H2,1-2H3. The molecule has 1 N–H and O–H groups in total. The Morgan fingerprint density at radius 3 is 2.32 bits per heavy atom. The van der Waals surface area contributed by atoms with Gasteiger partial charge in [0.1, 0.15) is 17.3 Å². The van der Waals surface area contributed by atoms with Crippen molar-refractivity contribution in [3.05, 3.63) is 53.8 Å². The highest BCUT2D eigenvalue weighted by atomic mass is 32.2. The van der Waals surface area contributed by atoms with Crippen molar-refractivity contribution in [2.75, 3.05) is 18.9 Å². The molecule has 0 aliphatic rings. The summed E-state index contributed by atoms with van der Waals surface area (Å²) in [5, 5.41) is 0. The molecule has 2 aromatic rings. The second kappa shape index (κ2) is 6.65. The monoisotopic (exact) mass is 325 g/mol. The predicted octanol–water partition coefficient (Wildman–Crippen LogP) is 2.78. The number of sulfonamides is 1. The number of ether oxygens (including phenoxy) is 2. The van der Waals surface area contributed by atoms with Gasteiger partial charge in [0.2, 0.25) is 10.0 Å². The van der Waals surface area contributed by atoms with Crippen LogP contribution >= 0.6 is 0 Å². The molecule has 0 saturated heterocycles. The van der Waals surface area contributed by atoms with Crippen LogP contribution < -0.4 is 14.2 Å². The number of rotatable bonds is 6. The summed E-state index contributed by atoms with van der Waals surface area (Å²) in [4.78, 5) is 0. The van der Waals surface area contributed by atoms with Crippen LogP contribution in [0.25, 0.3) is 0 Å².